The fourth-order valence-electron chi connectivity index (χ4n) is 1.72. The van der Waals surface area contributed by atoms with E-state index >= 15 is 0 Å². The normalized spacial score (nSPS) is 12.4. The molecule has 2 rings (SSSR count). The summed E-state index contributed by atoms with van der Waals surface area (Å²) >= 11 is 1.59. The van der Waals surface area contributed by atoms with Crippen LogP contribution in [0.5, 0.6) is 0 Å². The lowest BCUT2D eigenvalue weighted by molar-refractivity contribution is 0.0697. The molecular formula is C13H13NO2S. The van der Waals surface area contributed by atoms with Crippen LogP contribution < -0.4 is 5.73 Å². The predicted octanol–water partition coefficient (Wildman–Crippen LogP) is 2.80. The molecule has 4 heteroatoms. The fourth-order valence-corrected chi connectivity index (χ4v) is 2.67. The molecule has 0 radical (unpaired) electrons. The summed E-state index contributed by atoms with van der Waals surface area (Å²) in [7, 11) is 0. The number of hydrogen-bond donors (Lipinski definition) is 2. The van der Waals surface area contributed by atoms with Crippen molar-refractivity contribution in [1.29, 1.82) is 0 Å². The molecule has 1 unspecified atom stereocenters. The summed E-state index contributed by atoms with van der Waals surface area (Å²) in [5, 5.41) is 10.9. The molecule has 0 saturated heterocycles. The Morgan fingerprint density at radius 1 is 1.41 bits per heavy atom. The molecule has 3 N–H and O–H groups in total. The van der Waals surface area contributed by atoms with Crippen LogP contribution in [0.25, 0.3) is 0 Å². The Labute approximate surface area is 104 Å². The van der Waals surface area contributed by atoms with E-state index in [0.717, 1.165) is 16.0 Å². The fraction of sp³-hybridized carbons (Fsp3) is 0.154. The zero-order chi connectivity index (χ0) is 12.4. The standard InChI is InChI=1S/C13H13NO2S/c1-8-5-6-17-12(8)11(14)9-3-2-4-10(7-9)13(15)16/h2-7,11H,14H2,1H3,(H,15,16). The van der Waals surface area contributed by atoms with E-state index in [4.69, 9.17) is 10.8 Å². The van der Waals surface area contributed by atoms with Gasteiger partial charge in [0.2, 0.25) is 0 Å². The highest BCUT2D eigenvalue weighted by Gasteiger charge is 2.14. The van der Waals surface area contributed by atoms with Crippen molar-refractivity contribution in [3.05, 3.63) is 57.3 Å². The molecule has 0 aliphatic heterocycles. The summed E-state index contributed by atoms with van der Waals surface area (Å²) in [6.45, 7) is 2.01. The maximum Gasteiger partial charge on any atom is 0.335 e. The highest BCUT2D eigenvalue weighted by atomic mass is 32.1. The Morgan fingerprint density at radius 3 is 2.76 bits per heavy atom. The van der Waals surface area contributed by atoms with Gasteiger partial charge in [0.05, 0.1) is 11.6 Å². The zero-order valence-corrected chi connectivity index (χ0v) is 10.2. The molecule has 1 aromatic carbocycles. The molecule has 0 saturated carbocycles. The molecule has 17 heavy (non-hydrogen) atoms. The van der Waals surface area contributed by atoms with Crippen LogP contribution in [0.4, 0.5) is 0 Å². The van der Waals surface area contributed by atoms with Crippen LogP contribution in [0.1, 0.15) is 32.4 Å². The van der Waals surface area contributed by atoms with Crippen molar-refractivity contribution >= 4 is 17.3 Å². The van der Waals surface area contributed by atoms with Gasteiger partial charge in [-0.15, -0.1) is 11.3 Å². The Morgan fingerprint density at radius 2 is 2.18 bits per heavy atom. The quantitative estimate of drug-likeness (QED) is 0.876. The lowest BCUT2D eigenvalue weighted by Crippen LogP contribution is -2.12. The molecule has 0 bridgehead atoms. The minimum Gasteiger partial charge on any atom is -0.478 e. The van der Waals surface area contributed by atoms with Crippen LogP contribution in [0.15, 0.2) is 35.7 Å². The van der Waals surface area contributed by atoms with Gasteiger partial charge in [0, 0.05) is 4.88 Å². The first kappa shape index (κ1) is 11.8. The van der Waals surface area contributed by atoms with Crippen molar-refractivity contribution in [3.63, 3.8) is 0 Å². The molecule has 0 amide bonds. The third-order valence-corrected chi connectivity index (χ3v) is 3.78. The number of rotatable bonds is 3. The maximum absolute atomic E-state index is 10.9. The molecular weight excluding hydrogens is 234 g/mol. The molecule has 0 aliphatic carbocycles. The minimum atomic E-state index is -0.929. The van der Waals surface area contributed by atoms with E-state index in [1.165, 1.54) is 0 Å². The molecule has 3 nitrogen and oxygen atoms in total. The zero-order valence-electron chi connectivity index (χ0n) is 9.38. The largest absolute Gasteiger partial charge is 0.478 e. The van der Waals surface area contributed by atoms with E-state index in [2.05, 4.69) is 0 Å². The van der Waals surface area contributed by atoms with Crippen LogP contribution in [0.2, 0.25) is 0 Å². The second kappa shape index (κ2) is 4.69. The van der Waals surface area contributed by atoms with Gasteiger partial charge in [-0.1, -0.05) is 12.1 Å². The number of carbonyl (C=O) groups is 1. The van der Waals surface area contributed by atoms with Crippen molar-refractivity contribution in [1.82, 2.24) is 0 Å². The third kappa shape index (κ3) is 2.38. The second-order valence-electron chi connectivity index (χ2n) is 3.88. The van der Waals surface area contributed by atoms with Gasteiger partial charge in [-0.2, -0.15) is 0 Å². The molecule has 1 heterocycles. The van der Waals surface area contributed by atoms with Crippen molar-refractivity contribution in [2.75, 3.05) is 0 Å². The molecule has 0 spiro atoms. The van der Waals surface area contributed by atoms with E-state index < -0.39 is 5.97 Å². The summed E-state index contributed by atoms with van der Waals surface area (Å²) in [5.41, 5.74) is 8.39. The number of thiophene rings is 1. The van der Waals surface area contributed by atoms with E-state index in [1.54, 1.807) is 29.5 Å². The molecule has 88 valence electrons. The Kier molecular flexibility index (Phi) is 3.26. The Bertz CT molecular complexity index is 548. The molecule has 0 fully saturated rings. The monoisotopic (exact) mass is 247 g/mol. The third-order valence-electron chi connectivity index (χ3n) is 2.68. The summed E-state index contributed by atoms with van der Waals surface area (Å²) in [6, 6.07) is 8.54. The summed E-state index contributed by atoms with van der Waals surface area (Å²) in [6.07, 6.45) is 0. The summed E-state index contributed by atoms with van der Waals surface area (Å²) in [4.78, 5) is 12.0. The number of hydrogen-bond acceptors (Lipinski definition) is 3. The van der Waals surface area contributed by atoms with Gasteiger partial charge in [-0.3, -0.25) is 0 Å². The molecule has 0 aliphatic rings. The number of aromatic carboxylic acids is 1. The number of benzene rings is 1. The van der Waals surface area contributed by atoms with Gasteiger partial charge in [-0.05, 0) is 41.6 Å². The Balaban J connectivity index is 2.37. The van der Waals surface area contributed by atoms with Crippen LogP contribution in [0.3, 0.4) is 0 Å². The SMILES string of the molecule is Cc1ccsc1C(N)c1cccc(C(=O)O)c1. The van der Waals surface area contributed by atoms with Crippen molar-refractivity contribution in [2.24, 2.45) is 5.73 Å². The van der Waals surface area contributed by atoms with E-state index in [9.17, 15) is 4.79 Å². The van der Waals surface area contributed by atoms with Gasteiger partial charge in [0.15, 0.2) is 0 Å². The predicted molar refractivity (Wildman–Crippen MR) is 68.5 cm³/mol. The van der Waals surface area contributed by atoms with Crippen LogP contribution >= 0.6 is 11.3 Å². The minimum absolute atomic E-state index is 0.255. The van der Waals surface area contributed by atoms with Gasteiger partial charge in [-0.25, -0.2) is 4.79 Å². The highest BCUT2D eigenvalue weighted by molar-refractivity contribution is 7.10. The first-order valence-electron chi connectivity index (χ1n) is 5.22. The van der Waals surface area contributed by atoms with Crippen LogP contribution in [-0.2, 0) is 0 Å². The first-order chi connectivity index (χ1) is 8.09. The average Bonchev–Trinajstić information content (AvgIpc) is 2.74. The number of aryl methyl sites for hydroxylation is 1. The number of carboxylic acid groups (broad SMARTS) is 1. The highest BCUT2D eigenvalue weighted by Crippen LogP contribution is 2.27. The number of nitrogens with two attached hydrogens (primary N) is 1. The Hall–Kier alpha value is -1.65. The van der Waals surface area contributed by atoms with Gasteiger partial charge in [0.1, 0.15) is 0 Å². The van der Waals surface area contributed by atoms with E-state index in [0.29, 0.717) is 0 Å². The first-order valence-corrected chi connectivity index (χ1v) is 6.10. The van der Waals surface area contributed by atoms with E-state index in [-0.39, 0.29) is 11.6 Å². The van der Waals surface area contributed by atoms with E-state index in [1.807, 2.05) is 24.4 Å². The van der Waals surface area contributed by atoms with Crippen molar-refractivity contribution < 1.29 is 9.90 Å². The molecule has 1 atom stereocenters. The summed E-state index contributed by atoms with van der Waals surface area (Å²) < 4.78 is 0. The smallest absolute Gasteiger partial charge is 0.335 e. The molecule has 2 aromatic rings. The topological polar surface area (TPSA) is 63.3 Å². The van der Waals surface area contributed by atoms with Gasteiger partial charge < -0.3 is 10.8 Å². The van der Waals surface area contributed by atoms with Crippen molar-refractivity contribution in [3.8, 4) is 0 Å². The maximum atomic E-state index is 10.9. The van der Waals surface area contributed by atoms with Crippen LogP contribution in [0, 0.1) is 6.92 Å². The lowest BCUT2D eigenvalue weighted by Gasteiger charge is -2.12. The summed E-state index contributed by atoms with van der Waals surface area (Å²) in [5.74, 6) is -0.929. The van der Waals surface area contributed by atoms with Crippen molar-refractivity contribution in [2.45, 2.75) is 13.0 Å². The molecule has 1 aromatic heterocycles. The van der Waals surface area contributed by atoms with Gasteiger partial charge >= 0.3 is 5.97 Å². The average molecular weight is 247 g/mol. The van der Waals surface area contributed by atoms with Gasteiger partial charge in [0.25, 0.3) is 0 Å². The second-order valence-corrected chi connectivity index (χ2v) is 4.82. The number of carboxylic acids is 1. The van der Waals surface area contributed by atoms with Crippen LogP contribution in [-0.4, -0.2) is 11.1 Å². The lowest BCUT2D eigenvalue weighted by atomic mass is 10.0.